The number of aliphatic hydroxyl groups is 1. The second kappa shape index (κ2) is 6.22. The van der Waals surface area contributed by atoms with E-state index in [1.54, 1.807) is 12.1 Å². The average molecular weight is 239 g/mol. The standard InChI is InChI=1S/C12H17NO4/c1-8-3-4-11(10(5-8)12(15)16)13-6-9(14)7-17-2/h3-5,9,13-14H,6-7H2,1-2H3,(H,15,16). The van der Waals surface area contributed by atoms with Crippen LogP contribution in [0.15, 0.2) is 18.2 Å². The molecular formula is C12H17NO4. The Morgan fingerprint density at radius 3 is 2.82 bits per heavy atom. The molecule has 5 nitrogen and oxygen atoms in total. The summed E-state index contributed by atoms with van der Waals surface area (Å²) in [6.07, 6.45) is -0.664. The van der Waals surface area contributed by atoms with Crippen molar-refractivity contribution in [3.05, 3.63) is 29.3 Å². The molecule has 0 aromatic heterocycles. The number of rotatable bonds is 6. The van der Waals surface area contributed by atoms with E-state index in [0.29, 0.717) is 5.69 Å². The van der Waals surface area contributed by atoms with Crippen LogP contribution in [0.1, 0.15) is 15.9 Å². The first-order chi connectivity index (χ1) is 8.04. The van der Waals surface area contributed by atoms with Crippen molar-refractivity contribution in [2.45, 2.75) is 13.0 Å². The van der Waals surface area contributed by atoms with Crippen molar-refractivity contribution in [3.8, 4) is 0 Å². The van der Waals surface area contributed by atoms with Gasteiger partial charge in [-0.3, -0.25) is 0 Å². The normalized spacial score (nSPS) is 12.2. The second-order valence-corrected chi connectivity index (χ2v) is 3.84. The molecule has 0 aliphatic rings. The third-order valence-electron chi connectivity index (χ3n) is 2.29. The molecule has 0 spiro atoms. The first-order valence-corrected chi connectivity index (χ1v) is 5.29. The van der Waals surface area contributed by atoms with Gasteiger partial charge < -0.3 is 20.3 Å². The van der Waals surface area contributed by atoms with Gasteiger partial charge in [0.15, 0.2) is 0 Å². The summed E-state index contributed by atoms with van der Waals surface area (Å²) < 4.78 is 4.78. The van der Waals surface area contributed by atoms with Crippen LogP contribution >= 0.6 is 0 Å². The van der Waals surface area contributed by atoms with Crippen LogP contribution in [0.25, 0.3) is 0 Å². The van der Waals surface area contributed by atoms with Crippen molar-refractivity contribution < 1.29 is 19.7 Å². The zero-order valence-electron chi connectivity index (χ0n) is 9.93. The number of carboxylic acid groups (broad SMARTS) is 1. The molecule has 0 radical (unpaired) electrons. The molecule has 1 aromatic carbocycles. The van der Waals surface area contributed by atoms with Crippen molar-refractivity contribution in [2.24, 2.45) is 0 Å². The van der Waals surface area contributed by atoms with Crippen molar-refractivity contribution >= 4 is 11.7 Å². The van der Waals surface area contributed by atoms with Gasteiger partial charge in [0.25, 0.3) is 0 Å². The first-order valence-electron chi connectivity index (χ1n) is 5.29. The van der Waals surface area contributed by atoms with Gasteiger partial charge in [0, 0.05) is 19.3 Å². The van der Waals surface area contributed by atoms with Crippen molar-refractivity contribution in [3.63, 3.8) is 0 Å². The number of hydrogen-bond donors (Lipinski definition) is 3. The third kappa shape index (κ3) is 4.05. The lowest BCUT2D eigenvalue weighted by Gasteiger charge is -2.13. The van der Waals surface area contributed by atoms with Crippen LogP contribution in [0.3, 0.4) is 0 Å². The maximum Gasteiger partial charge on any atom is 0.337 e. The Morgan fingerprint density at radius 2 is 2.24 bits per heavy atom. The van der Waals surface area contributed by atoms with E-state index in [4.69, 9.17) is 9.84 Å². The van der Waals surface area contributed by atoms with E-state index in [-0.39, 0.29) is 18.7 Å². The van der Waals surface area contributed by atoms with Crippen LogP contribution in [-0.2, 0) is 4.74 Å². The van der Waals surface area contributed by atoms with E-state index < -0.39 is 12.1 Å². The van der Waals surface area contributed by atoms with Crippen molar-refractivity contribution in [1.82, 2.24) is 0 Å². The number of aromatic carboxylic acids is 1. The fourth-order valence-electron chi connectivity index (χ4n) is 1.47. The summed E-state index contributed by atoms with van der Waals surface area (Å²) in [5.74, 6) is -0.988. The number of ether oxygens (including phenoxy) is 1. The quantitative estimate of drug-likeness (QED) is 0.693. The number of carboxylic acids is 1. The van der Waals surface area contributed by atoms with Crippen LogP contribution in [-0.4, -0.2) is 42.5 Å². The van der Waals surface area contributed by atoms with Crippen LogP contribution in [0, 0.1) is 6.92 Å². The van der Waals surface area contributed by atoms with E-state index in [9.17, 15) is 9.90 Å². The molecule has 1 atom stereocenters. The fraction of sp³-hybridized carbons (Fsp3) is 0.417. The van der Waals surface area contributed by atoms with E-state index >= 15 is 0 Å². The molecule has 1 aromatic rings. The van der Waals surface area contributed by atoms with Gasteiger partial charge in [0.05, 0.1) is 18.3 Å². The van der Waals surface area contributed by atoms with E-state index in [1.165, 1.54) is 7.11 Å². The zero-order valence-corrected chi connectivity index (χ0v) is 9.93. The molecule has 3 N–H and O–H groups in total. The Kier molecular flexibility index (Phi) is 4.93. The van der Waals surface area contributed by atoms with Crippen molar-refractivity contribution in [1.29, 1.82) is 0 Å². The van der Waals surface area contributed by atoms with Crippen LogP contribution in [0.5, 0.6) is 0 Å². The molecular weight excluding hydrogens is 222 g/mol. The summed E-state index contributed by atoms with van der Waals surface area (Å²) in [5.41, 5.74) is 1.58. The summed E-state index contributed by atoms with van der Waals surface area (Å²) >= 11 is 0. The third-order valence-corrected chi connectivity index (χ3v) is 2.29. The predicted octanol–water partition coefficient (Wildman–Crippen LogP) is 1.11. The summed E-state index contributed by atoms with van der Waals surface area (Å²) in [7, 11) is 1.50. The van der Waals surface area contributed by atoms with Crippen molar-refractivity contribution in [2.75, 3.05) is 25.6 Å². The number of methoxy groups -OCH3 is 1. The number of aryl methyl sites for hydroxylation is 1. The molecule has 0 saturated carbocycles. The minimum absolute atomic E-state index is 0.203. The number of anilines is 1. The van der Waals surface area contributed by atoms with Gasteiger partial charge in [-0.1, -0.05) is 11.6 Å². The highest BCUT2D eigenvalue weighted by Crippen LogP contribution is 2.17. The maximum absolute atomic E-state index is 11.0. The van der Waals surface area contributed by atoms with Crippen LogP contribution < -0.4 is 5.32 Å². The smallest absolute Gasteiger partial charge is 0.337 e. The minimum atomic E-state index is -0.988. The maximum atomic E-state index is 11.0. The molecule has 0 aliphatic heterocycles. The van der Waals surface area contributed by atoms with Crippen LogP contribution in [0.4, 0.5) is 5.69 Å². The van der Waals surface area contributed by atoms with Gasteiger partial charge in [0.2, 0.25) is 0 Å². The summed E-state index contributed by atoms with van der Waals surface area (Å²) in [4.78, 5) is 11.0. The number of carbonyl (C=O) groups is 1. The molecule has 0 saturated heterocycles. The minimum Gasteiger partial charge on any atom is -0.478 e. The number of aliphatic hydroxyl groups excluding tert-OH is 1. The lowest BCUT2D eigenvalue weighted by Crippen LogP contribution is -2.24. The Balaban J connectivity index is 2.73. The SMILES string of the molecule is COCC(O)CNc1ccc(C)cc1C(=O)O. The summed E-state index contributed by atoms with van der Waals surface area (Å²) in [6.45, 7) is 2.29. The molecule has 1 unspecified atom stereocenters. The highest BCUT2D eigenvalue weighted by atomic mass is 16.5. The van der Waals surface area contributed by atoms with Gasteiger partial charge in [-0.05, 0) is 19.1 Å². The molecule has 0 fully saturated rings. The summed E-state index contributed by atoms with van der Waals surface area (Å²) in [6, 6.07) is 5.10. The Labute approximate surface area is 100 Å². The molecule has 94 valence electrons. The number of hydrogen-bond acceptors (Lipinski definition) is 4. The molecule has 0 amide bonds. The fourth-order valence-corrected chi connectivity index (χ4v) is 1.47. The summed E-state index contributed by atoms with van der Waals surface area (Å²) in [5, 5.41) is 21.4. The molecule has 17 heavy (non-hydrogen) atoms. The molecule has 5 heteroatoms. The van der Waals surface area contributed by atoms with Gasteiger partial charge in [-0.25, -0.2) is 4.79 Å². The lowest BCUT2D eigenvalue weighted by molar-refractivity contribution is 0.0693. The molecule has 0 bridgehead atoms. The molecule has 1 rings (SSSR count). The topological polar surface area (TPSA) is 78.8 Å². The lowest BCUT2D eigenvalue weighted by atomic mass is 10.1. The second-order valence-electron chi connectivity index (χ2n) is 3.84. The Bertz CT molecular complexity index is 392. The van der Waals surface area contributed by atoms with E-state index in [2.05, 4.69) is 5.32 Å². The molecule has 0 aliphatic carbocycles. The Morgan fingerprint density at radius 1 is 1.53 bits per heavy atom. The number of nitrogens with one attached hydrogen (secondary N) is 1. The largest absolute Gasteiger partial charge is 0.478 e. The monoisotopic (exact) mass is 239 g/mol. The van der Waals surface area contributed by atoms with Crippen LogP contribution in [0.2, 0.25) is 0 Å². The highest BCUT2D eigenvalue weighted by Gasteiger charge is 2.11. The van der Waals surface area contributed by atoms with Gasteiger partial charge in [-0.15, -0.1) is 0 Å². The predicted molar refractivity (Wildman–Crippen MR) is 64.5 cm³/mol. The Hall–Kier alpha value is -1.59. The zero-order chi connectivity index (χ0) is 12.8. The average Bonchev–Trinajstić information content (AvgIpc) is 2.27. The van der Waals surface area contributed by atoms with Gasteiger partial charge >= 0.3 is 5.97 Å². The molecule has 0 heterocycles. The first kappa shape index (κ1) is 13.5. The highest BCUT2D eigenvalue weighted by molar-refractivity contribution is 5.94. The van der Waals surface area contributed by atoms with Gasteiger partial charge in [0.1, 0.15) is 0 Å². The number of benzene rings is 1. The van der Waals surface area contributed by atoms with Gasteiger partial charge in [-0.2, -0.15) is 0 Å². The van der Waals surface area contributed by atoms with E-state index in [0.717, 1.165) is 5.56 Å². The van der Waals surface area contributed by atoms with E-state index in [1.807, 2.05) is 13.0 Å².